The largest absolute Gasteiger partial charge is 0.481 e. The van der Waals surface area contributed by atoms with E-state index >= 15 is 0 Å². The third-order valence-electron chi connectivity index (χ3n) is 2.33. The molecule has 0 atom stereocenters. The highest BCUT2D eigenvalue weighted by molar-refractivity contribution is 7.09. The molecular formula is C12H20N2O2S. The van der Waals surface area contributed by atoms with Crippen molar-refractivity contribution in [3.8, 4) is 0 Å². The van der Waals surface area contributed by atoms with Gasteiger partial charge in [-0.25, -0.2) is 4.98 Å². The molecule has 0 saturated carbocycles. The van der Waals surface area contributed by atoms with Gasteiger partial charge in [0.2, 0.25) is 0 Å². The van der Waals surface area contributed by atoms with Crippen molar-refractivity contribution in [2.45, 2.75) is 39.2 Å². The number of thiazole rings is 1. The van der Waals surface area contributed by atoms with Gasteiger partial charge in [0.1, 0.15) is 0 Å². The van der Waals surface area contributed by atoms with Crippen LogP contribution < -0.4 is 0 Å². The highest BCUT2D eigenvalue weighted by Crippen LogP contribution is 2.25. The lowest BCUT2D eigenvalue weighted by atomic mass is 9.98. The lowest BCUT2D eigenvalue weighted by molar-refractivity contribution is -0.137. The standard InChI is InChI=1S/C12H20N2O2S/c1-12(2,3)11-13-9(8-17-11)7-14(4)6-5-10(15)16/h8H,5-7H2,1-4H3,(H,15,16). The van der Waals surface area contributed by atoms with Gasteiger partial charge in [0.25, 0.3) is 0 Å². The molecule has 1 aromatic heterocycles. The normalized spacial score (nSPS) is 12.1. The van der Waals surface area contributed by atoms with E-state index < -0.39 is 5.97 Å². The molecule has 17 heavy (non-hydrogen) atoms. The molecule has 0 spiro atoms. The van der Waals surface area contributed by atoms with Crippen LogP contribution in [0.4, 0.5) is 0 Å². The molecule has 1 rings (SSSR count). The number of hydrogen-bond acceptors (Lipinski definition) is 4. The number of carboxylic acid groups (broad SMARTS) is 1. The van der Waals surface area contributed by atoms with Gasteiger partial charge < -0.3 is 5.11 Å². The van der Waals surface area contributed by atoms with Crippen LogP contribution in [-0.4, -0.2) is 34.6 Å². The Morgan fingerprint density at radius 1 is 1.53 bits per heavy atom. The summed E-state index contributed by atoms with van der Waals surface area (Å²) in [5.74, 6) is -0.759. The van der Waals surface area contributed by atoms with E-state index in [1.54, 1.807) is 11.3 Å². The van der Waals surface area contributed by atoms with Crippen LogP contribution in [0, 0.1) is 0 Å². The Labute approximate surface area is 106 Å². The first-order valence-corrected chi connectivity index (χ1v) is 6.52. The zero-order valence-electron chi connectivity index (χ0n) is 10.9. The summed E-state index contributed by atoms with van der Waals surface area (Å²) in [5.41, 5.74) is 1.11. The van der Waals surface area contributed by atoms with Crippen LogP contribution in [0.15, 0.2) is 5.38 Å². The predicted molar refractivity (Wildman–Crippen MR) is 69.4 cm³/mol. The fourth-order valence-corrected chi connectivity index (χ4v) is 2.26. The summed E-state index contributed by atoms with van der Waals surface area (Å²) in [6, 6.07) is 0. The first kappa shape index (κ1) is 14.1. The molecule has 0 aliphatic carbocycles. The topological polar surface area (TPSA) is 53.4 Å². The summed E-state index contributed by atoms with van der Waals surface area (Å²) in [6.45, 7) is 7.69. The molecule has 0 unspecified atom stereocenters. The lowest BCUT2D eigenvalue weighted by Crippen LogP contribution is -2.21. The first-order chi connectivity index (χ1) is 7.79. The molecule has 1 N–H and O–H groups in total. The fourth-order valence-electron chi connectivity index (χ4n) is 1.37. The minimum absolute atomic E-state index is 0.0859. The van der Waals surface area contributed by atoms with Gasteiger partial charge in [0, 0.05) is 23.9 Å². The van der Waals surface area contributed by atoms with Gasteiger partial charge in [0.15, 0.2) is 0 Å². The smallest absolute Gasteiger partial charge is 0.304 e. The van der Waals surface area contributed by atoms with Crippen LogP contribution in [0.2, 0.25) is 0 Å². The Bertz CT molecular complexity index is 382. The molecule has 0 bridgehead atoms. The third kappa shape index (κ3) is 4.83. The number of carbonyl (C=O) groups is 1. The number of nitrogens with zero attached hydrogens (tertiary/aromatic N) is 2. The summed E-state index contributed by atoms with van der Waals surface area (Å²) < 4.78 is 0. The number of aliphatic carboxylic acids is 1. The van der Waals surface area contributed by atoms with Crippen LogP contribution in [0.3, 0.4) is 0 Å². The highest BCUT2D eigenvalue weighted by Gasteiger charge is 2.18. The molecule has 0 saturated heterocycles. The number of hydrogen-bond donors (Lipinski definition) is 1. The van der Waals surface area contributed by atoms with Crippen molar-refractivity contribution in [3.63, 3.8) is 0 Å². The second kappa shape index (κ2) is 5.60. The van der Waals surface area contributed by atoms with Crippen LogP contribution in [-0.2, 0) is 16.8 Å². The quantitative estimate of drug-likeness (QED) is 0.878. The molecule has 0 aromatic carbocycles. The number of rotatable bonds is 5. The highest BCUT2D eigenvalue weighted by atomic mass is 32.1. The van der Waals surface area contributed by atoms with E-state index in [2.05, 4.69) is 31.1 Å². The molecule has 1 aromatic rings. The summed E-state index contributed by atoms with van der Waals surface area (Å²) in [4.78, 5) is 17.0. The van der Waals surface area contributed by atoms with Gasteiger partial charge in [-0.2, -0.15) is 0 Å². The van der Waals surface area contributed by atoms with E-state index in [1.807, 2.05) is 11.9 Å². The monoisotopic (exact) mass is 256 g/mol. The van der Waals surface area contributed by atoms with Crippen LogP contribution in [0.1, 0.15) is 37.9 Å². The van der Waals surface area contributed by atoms with E-state index in [4.69, 9.17) is 5.11 Å². The Balaban J connectivity index is 2.52. The van der Waals surface area contributed by atoms with Crippen molar-refractivity contribution in [1.29, 1.82) is 0 Å². The molecule has 1 heterocycles. The molecule has 0 aliphatic rings. The minimum atomic E-state index is -0.759. The van der Waals surface area contributed by atoms with Crippen molar-refractivity contribution in [2.75, 3.05) is 13.6 Å². The summed E-state index contributed by atoms with van der Waals surface area (Å²) in [6.07, 6.45) is 0.173. The maximum Gasteiger partial charge on any atom is 0.304 e. The lowest BCUT2D eigenvalue weighted by Gasteiger charge is -2.15. The van der Waals surface area contributed by atoms with Crippen molar-refractivity contribution >= 4 is 17.3 Å². The van der Waals surface area contributed by atoms with Crippen LogP contribution >= 0.6 is 11.3 Å². The molecule has 0 radical (unpaired) electrons. The SMILES string of the molecule is CN(CCC(=O)O)Cc1csc(C(C)(C)C)n1. The van der Waals surface area contributed by atoms with Crippen molar-refractivity contribution in [3.05, 3.63) is 16.1 Å². The molecule has 0 fully saturated rings. The molecular weight excluding hydrogens is 236 g/mol. The van der Waals surface area contributed by atoms with Gasteiger partial charge in [-0.3, -0.25) is 9.69 Å². The average Bonchev–Trinajstić information content (AvgIpc) is 2.62. The Hall–Kier alpha value is -0.940. The van der Waals surface area contributed by atoms with Crippen LogP contribution in [0.25, 0.3) is 0 Å². The van der Waals surface area contributed by atoms with Crippen molar-refractivity contribution in [1.82, 2.24) is 9.88 Å². The van der Waals surface area contributed by atoms with Crippen LogP contribution in [0.5, 0.6) is 0 Å². The van der Waals surface area contributed by atoms with Gasteiger partial charge in [-0.15, -0.1) is 11.3 Å². The first-order valence-electron chi connectivity index (χ1n) is 5.64. The Morgan fingerprint density at radius 3 is 2.65 bits per heavy atom. The van der Waals surface area contributed by atoms with Gasteiger partial charge in [-0.05, 0) is 7.05 Å². The minimum Gasteiger partial charge on any atom is -0.481 e. The second-order valence-corrected chi connectivity index (χ2v) is 6.13. The molecule has 0 aliphatic heterocycles. The van der Waals surface area contributed by atoms with E-state index in [0.717, 1.165) is 10.7 Å². The van der Waals surface area contributed by atoms with E-state index in [-0.39, 0.29) is 11.8 Å². The molecule has 0 amide bonds. The zero-order valence-corrected chi connectivity index (χ0v) is 11.7. The maximum absolute atomic E-state index is 10.5. The zero-order chi connectivity index (χ0) is 13.1. The summed E-state index contributed by atoms with van der Waals surface area (Å²) in [7, 11) is 1.92. The molecule has 96 valence electrons. The average molecular weight is 256 g/mol. The predicted octanol–water partition coefficient (Wildman–Crippen LogP) is 2.35. The number of aromatic nitrogens is 1. The Morgan fingerprint density at radius 2 is 2.18 bits per heavy atom. The van der Waals surface area contributed by atoms with E-state index in [0.29, 0.717) is 13.1 Å². The number of carboxylic acids is 1. The molecule has 5 heteroatoms. The van der Waals surface area contributed by atoms with Gasteiger partial charge >= 0.3 is 5.97 Å². The third-order valence-corrected chi connectivity index (χ3v) is 3.65. The van der Waals surface area contributed by atoms with E-state index in [9.17, 15) is 4.79 Å². The Kier molecular flexibility index (Phi) is 4.65. The van der Waals surface area contributed by atoms with Crippen molar-refractivity contribution in [2.24, 2.45) is 0 Å². The van der Waals surface area contributed by atoms with Crippen molar-refractivity contribution < 1.29 is 9.90 Å². The summed E-state index contributed by atoms with van der Waals surface area (Å²) in [5, 5.41) is 11.8. The second-order valence-electron chi connectivity index (χ2n) is 5.28. The molecule has 4 nitrogen and oxygen atoms in total. The van der Waals surface area contributed by atoms with Gasteiger partial charge in [-0.1, -0.05) is 20.8 Å². The maximum atomic E-state index is 10.5. The van der Waals surface area contributed by atoms with Gasteiger partial charge in [0.05, 0.1) is 17.1 Å². The summed E-state index contributed by atoms with van der Waals surface area (Å²) >= 11 is 1.67. The fraction of sp³-hybridized carbons (Fsp3) is 0.667. The van der Waals surface area contributed by atoms with E-state index in [1.165, 1.54) is 0 Å².